The van der Waals surface area contributed by atoms with Gasteiger partial charge in [-0.1, -0.05) is 53.0 Å². The van der Waals surface area contributed by atoms with Crippen LogP contribution >= 0.6 is 34.8 Å². The van der Waals surface area contributed by atoms with Crippen molar-refractivity contribution in [2.24, 2.45) is 0 Å². The zero-order valence-electron chi connectivity index (χ0n) is 20.0. The van der Waals surface area contributed by atoms with E-state index in [1.807, 2.05) is 10.6 Å². The molecule has 2 aromatic carbocycles. The number of nitrogens with one attached hydrogen (secondary N) is 2. The van der Waals surface area contributed by atoms with Crippen LogP contribution in [0.5, 0.6) is 0 Å². The molecule has 40 heavy (non-hydrogen) atoms. The molecule has 2 aromatic rings. The molecule has 0 aliphatic heterocycles. The van der Waals surface area contributed by atoms with Gasteiger partial charge in [0.25, 0.3) is 5.91 Å². The minimum Gasteiger partial charge on any atom is -0.354 e. The van der Waals surface area contributed by atoms with Crippen LogP contribution in [0.2, 0.25) is 15.1 Å². The van der Waals surface area contributed by atoms with E-state index in [-0.39, 0.29) is 20.6 Å². The lowest BCUT2D eigenvalue weighted by Gasteiger charge is -2.19. The molecule has 0 spiro atoms. The zero-order valence-corrected chi connectivity index (χ0v) is 22.2. The predicted octanol–water partition coefficient (Wildman–Crippen LogP) is 8.21. The molecule has 0 saturated carbocycles. The van der Waals surface area contributed by atoms with Crippen LogP contribution in [0.15, 0.2) is 36.4 Å². The second kappa shape index (κ2) is 12.9. The fourth-order valence-electron chi connectivity index (χ4n) is 3.29. The SMILES string of the molecule is CC(NC(=O)c1ccc(/C=C/C(c2cc(Cl)c(Cl)c(Cl)c2)C(F)(F)F)cc1C(F)(F)F)C(=O)NCCC(F)(F)F. The molecule has 0 heterocycles. The van der Waals surface area contributed by atoms with Gasteiger partial charge in [-0.2, -0.15) is 39.5 Å². The maximum Gasteiger partial charge on any atom is 0.417 e. The van der Waals surface area contributed by atoms with E-state index in [9.17, 15) is 49.1 Å². The molecule has 2 amide bonds. The van der Waals surface area contributed by atoms with Gasteiger partial charge >= 0.3 is 18.5 Å². The van der Waals surface area contributed by atoms with Gasteiger partial charge in [-0.3, -0.25) is 9.59 Å². The molecule has 2 unspecified atom stereocenters. The summed E-state index contributed by atoms with van der Waals surface area (Å²) in [6.45, 7) is 0.225. The molecule has 0 fully saturated rings. The number of allylic oxidation sites excluding steroid dienone is 1. The number of hydrogen-bond donors (Lipinski definition) is 2. The first-order chi connectivity index (χ1) is 18.2. The van der Waals surface area contributed by atoms with Gasteiger partial charge in [0.15, 0.2) is 0 Å². The number of halogens is 12. The third-order valence-electron chi connectivity index (χ3n) is 5.24. The Bertz CT molecular complexity index is 1250. The summed E-state index contributed by atoms with van der Waals surface area (Å²) in [5, 5.41) is 3.11. The van der Waals surface area contributed by atoms with Gasteiger partial charge in [0, 0.05) is 6.54 Å². The third kappa shape index (κ3) is 9.48. The lowest BCUT2D eigenvalue weighted by Crippen LogP contribution is -2.45. The molecule has 0 saturated heterocycles. The average Bonchev–Trinajstić information content (AvgIpc) is 2.80. The van der Waals surface area contributed by atoms with Crippen LogP contribution in [0.3, 0.4) is 0 Å². The van der Waals surface area contributed by atoms with Crippen molar-refractivity contribution in [2.75, 3.05) is 6.54 Å². The molecule has 0 aromatic heterocycles. The maximum absolute atomic E-state index is 13.7. The largest absolute Gasteiger partial charge is 0.417 e. The Morgan fingerprint density at radius 3 is 2.00 bits per heavy atom. The van der Waals surface area contributed by atoms with E-state index in [2.05, 4.69) is 0 Å². The predicted molar refractivity (Wildman–Crippen MR) is 131 cm³/mol. The second-order valence-corrected chi connectivity index (χ2v) is 9.52. The van der Waals surface area contributed by atoms with Gasteiger partial charge in [-0.15, -0.1) is 0 Å². The van der Waals surface area contributed by atoms with E-state index in [1.54, 1.807) is 0 Å². The van der Waals surface area contributed by atoms with E-state index in [4.69, 9.17) is 34.8 Å². The van der Waals surface area contributed by atoms with Crippen molar-refractivity contribution in [1.29, 1.82) is 0 Å². The molecular formula is C24H18Cl3F9N2O2. The summed E-state index contributed by atoms with van der Waals surface area (Å²) in [6, 6.07) is 2.36. The highest BCUT2D eigenvalue weighted by Crippen LogP contribution is 2.41. The lowest BCUT2D eigenvalue weighted by atomic mass is 9.96. The molecule has 0 radical (unpaired) electrons. The first-order valence-corrected chi connectivity index (χ1v) is 12.1. The van der Waals surface area contributed by atoms with Crippen LogP contribution in [0, 0.1) is 0 Å². The summed E-state index contributed by atoms with van der Waals surface area (Å²) in [6.07, 6.45) is -14.6. The van der Waals surface area contributed by atoms with Crippen molar-refractivity contribution in [3.8, 4) is 0 Å². The van der Waals surface area contributed by atoms with E-state index in [0.29, 0.717) is 18.2 Å². The molecule has 0 aliphatic rings. The Morgan fingerprint density at radius 1 is 0.925 bits per heavy atom. The minimum absolute atomic E-state index is 0.186. The highest BCUT2D eigenvalue weighted by Gasteiger charge is 2.40. The van der Waals surface area contributed by atoms with Crippen LogP contribution < -0.4 is 10.6 Å². The molecule has 0 bridgehead atoms. The van der Waals surface area contributed by atoms with E-state index in [1.165, 1.54) is 0 Å². The topological polar surface area (TPSA) is 58.2 Å². The zero-order chi connectivity index (χ0) is 30.6. The number of hydrogen-bond acceptors (Lipinski definition) is 2. The summed E-state index contributed by atoms with van der Waals surface area (Å²) in [7, 11) is 0. The number of carbonyl (C=O) groups excluding carboxylic acids is 2. The molecule has 2 rings (SSSR count). The van der Waals surface area contributed by atoms with Crippen molar-refractivity contribution in [3.05, 3.63) is 73.7 Å². The van der Waals surface area contributed by atoms with E-state index >= 15 is 0 Å². The molecule has 4 nitrogen and oxygen atoms in total. The van der Waals surface area contributed by atoms with Crippen LogP contribution in [-0.2, 0) is 11.0 Å². The third-order valence-corrected chi connectivity index (χ3v) is 6.44. The molecule has 16 heteroatoms. The lowest BCUT2D eigenvalue weighted by molar-refractivity contribution is -0.140. The van der Waals surface area contributed by atoms with Crippen molar-refractivity contribution in [2.45, 2.75) is 43.8 Å². The monoisotopic (exact) mass is 642 g/mol. The highest BCUT2D eigenvalue weighted by molar-refractivity contribution is 6.48. The normalized spacial score (nSPS) is 14.2. The molecule has 2 N–H and O–H groups in total. The quantitative estimate of drug-likeness (QED) is 0.225. The Labute approximate surface area is 236 Å². The highest BCUT2D eigenvalue weighted by atomic mass is 35.5. The van der Waals surface area contributed by atoms with Crippen LogP contribution in [0.1, 0.15) is 46.3 Å². The first-order valence-electron chi connectivity index (χ1n) is 11.0. The Kier molecular flexibility index (Phi) is 10.8. The Balaban J connectivity index is 2.33. The van der Waals surface area contributed by atoms with Crippen LogP contribution in [-0.4, -0.2) is 36.8 Å². The van der Waals surface area contributed by atoms with Gasteiger partial charge in [0.1, 0.15) is 6.04 Å². The summed E-state index contributed by atoms with van der Waals surface area (Å²) in [5.74, 6) is -4.81. The number of carbonyl (C=O) groups is 2. The number of alkyl halides is 9. The van der Waals surface area contributed by atoms with E-state index < -0.39 is 72.0 Å². The first kappa shape index (κ1) is 33.6. The van der Waals surface area contributed by atoms with Crippen molar-refractivity contribution in [3.63, 3.8) is 0 Å². The molecule has 220 valence electrons. The van der Waals surface area contributed by atoms with E-state index in [0.717, 1.165) is 31.2 Å². The second-order valence-electron chi connectivity index (χ2n) is 8.33. The summed E-state index contributed by atoms with van der Waals surface area (Å²) in [5.41, 5.74) is -3.29. The fraction of sp³-hybridized carbons (Fsp3) is 0.333. The van der Waals surface area contributed by atoms with Crippen molar-refractivity contribution < 1.29 is 49.1 Å². The summed E-state index contributed by atoms with van der Waals surface area (Å²) >= 11 is 17.4. The van der Waals surface area contributed by atoms with Crippen molar-refractivity contribution in [1.82, 2.24) is 10.6 Å². The van der Waals surface area contributed by atoms with Gasteiger partial charge in [-0.05, 0) is 42.3 Å². The Morgan fingerprint density at radius 2 is 1.50 bits per heavy atom. The fourth-order valence-corrected chi connectivity index (χ4v) is 3.90. The number of benzene rings is 2. The van der Waals surface area contributed by atoms with Gasteiger partial charge in [-0.25, -0.2) is 0 Å². The summed E-state index contributed by atoms with van der Waals surface area (Å²) < 4.78 is 119. The van der Waals surface area contributed by atoms with Crippen LogP contribution in [0.4, 0.5) is 39.5 Å². The number of amides is 2. The van der Waals surface area contributed by atoms with Crippen molar-refractivity contribution >= 4 is 52.7 Å². The number of rotatable bonds is 8. The molecule has 2 atom stereocenters. The molecular weight excluding hydrogens is 626 g/mol. The Hall–Kier alpha value is -2.64. The van der Waals surface area contributed by atoms with Crippen LogP contribution in [0.25, 0.3) is 6.08 Å². The maximum atomic E-state index is 13.7. The standard InChI is InChI=1S/C24H18Cl3F9N2O2/c1-11(20(39)37-7-6-22(28,29)30)38-21(40)14-4-2-12(8-16(14)24(34,35)36)3-5-15(23(31,32)33)13-9-17(25)19(27)18(26)10-13/h2-5,8-11,15H,6-7H2,1H3,(H,37,39)(H,38,40)/b5-3+. The van der Waals surface area contributed by atoms with Gasteiger partial charge in [0.2, 0.25) is 5.91 Å². The van der Waals surface area contributed by atoms with Gasteiger partial charge in [0.05, 0.1) is 38.5 Å². The molecule has 0 aliphatic carbocycles. The smallest absolute Gasteiger partial charge is 0.354 e. The minimum atomic E-state index is -5.14. The summed E-state index contributed by atoms with van der Waals surface area (Å²) in [4.78, 5) is 24.4. The average molecular weight is 644 g/mol. The van der Waals surface area contributed by atoms with Gasteiger partial charge < -0.3 is 10.6 Å².